The van der Waals surface area contributed by atoms with Crippen molar-refractivity contribution >= 4 is 11.7 Å². The Bertz CT molecular complexity index is 151. The van der Waals surface area contributed by atoms with E-state index < -0.39 is 0 Å². The standard InChI is InChI=1S/C7H9OS/c1-2-7(9-8)5-3-4-6-7/h1H,3-6H2/q+1. The molecule has 0 aromatic heterocycles. The molecule has 1 nitrogen and oxygen atoms in total. The van der Waals surface area contributed by atoms with Crippen LogP contribution in [0.15, 0.2) is 0 Å². The smallest absolute Gasteiger partial charge is 0.114 e. The fraction of sp³-hybridized carbons (Fsp3) is 0.714. The van der Waals surface area contributed by atoms with Gasteiger partial charge in [-0.3, -0.25) is 0 Å². The van der Waals surface area contributed by atoms with E-state index in [9.17, 15) is 4.21 Å². The van der Waals surface area contributed by atoms with Crippen LogP contribution in [0.2, 0.25) is 0 Å². The van der Waals surface area contributed by atoms with Gasteiger partial charge in [0.1, 0.15) is 0 Å². The lowest BCUT2D eigenvalue weighted by Gasteiger charge is -1.95. The average molecular weight is 141 g/mol. The summed E-state index contributed by atoms with van der Waals surface area (Å²) in [4.78, 5) is 0. The van der Waals surface area contributed by atoms with Crippen molar-refractivity contribution in [1.29, 1.82) is 0 Å². The topological polar surface area (TPSA) is 17.1 Å². The number of hydrogen-bond acceptors (Lipinski definition) is 1. The Labute approximate surface area is 59.3 Å². The second-order valence-electron chi connectivity index (χ2n) is 2.43. The zero-order chi connectivity index (χ0) is 6.74. The first-order chi connectivity index (χ1) is 4.33. The largest absolute Gasteiger partial charge is 0.479 e. The molecule has 0 N–H and O–H groups in total. The van der Waals surface area contributed by atoms with Gasteiger partial charge in [0, 0.05) is 17.1 Å². The van der Waals surface area contributed by atoms with Gasteiger partial charge in [0.05, 0.1) is 0 Å². The zero-order valence-corrected chi connectivity index (χ0v) is 6.04. The maximum absolute atomic E-state index is 10.5. The van der Waals surface area contributed by atoms with Gasteiger partial charge in [0.15, 0.2) is 0 Å². The first-order valence-corrected chi connectivity index (χ1v) is 3.86. The van der Waals surface area contributed by atoms with Crippen molar-refractivity contribution in [3.63, 3.8) is 0 Å². The maximum atomic E-state index is 10.5. The second kappa shape index (κ2) is 2.45. The van der Waals surface area contributed by atoms with Crippen LogP contribution in [0.3, 0.4) is 0 Å². The fourth-order valence-electron chi connectivity index (χ4n) is 1.20. The molecule has 48 valence electrons. The van der Waals surface area contributed by atoms with Crippen LogP contribution >= 0.6 is 0 Å². The highest BCUT2D eigenvalue weighted by molar-refractivity contribution is 7.67. The molecule has 0 bridgehead atoms. The van der Waals surface area contributed by atoms with E-state index in [0.29, 0.717) is 11.7 Å². The summed E-state index contributed by atoms with van der Waals surface area (Å²) in [6.45, 7) is 0. The summed E-state index contributed by atoms with van der Waals surface area (Å²) in [7, 11) is 0. The lowest BCUT2D eigenvalue weighted by molar-refractivity contribution is 0.587. The van der Waals surface area contributed by atoms with E-state index >= 15 is 0 Å². The summed E-state index contributed by atoms with van der Waals surface area (Å²) < 4.78 is 10.1. The van der Waals surface area contributed by atoms with Crippen molar-refractivity contribution in [2.75, 3.05) is 0 Å². The van der Waals surface area contributed by atoms with Crippen molar-refractivity contribution in [3.05, 3.63) is 0 Å². The van der Waals surface area contributed by atoms with Crippen LogP contribution < -0.4 is 0 Å². The molecule has 0 aromatic carbocycles. The minimum Gasteiger partial charge on any atom is -0.114 e. The van der Waals surface area contributed by atoms with Crippen LogP contribution in [0.25, 0.3) is 0 Å². The number of rotatable bonds is 1. The Morgan fingerprint density at radius 2 is 2.00 bits per heavy atom. The first kappa shape index (κ1) is 6.70. The Morgan fingerprint density at radius 1 is 1.44 bits per heavy atom. The molecular weight excluding hydrogens is 132 g/mol. The molecule has 0 aliphatic heterocycles. The average Bonchev–Trinajstić information content (AvgIpc) is 2.36. The van der Waals surface area contributed by atoms with Crippen LogP contribution in [0.5, 0.6) is 0 Å². The van der Waals surface area contributed by atoms with E-state index in [1.165, 1.54) is 0 Å². The van der Waals surface area contributed by atoms with E-state index in [1.807, 2.05) is 0 Å². The van der Waals surface area contributed by atoms with Crippen LogP contribution in [0, 0.1) is 12.3 Å². The predicted octanol–water partition coefficient (Wildman–Crippen LogP) is 1.36. The van der Waals surface area contributed by atoms with Crippen LogP contribution in [0.1, 0.15) is 25.7 Å². The summed E-state index contributed by atoms with van der Waals surface area (Å²) in [6.07, 6.45) is 9.29. The van der Waals surface area contributed by atoms with Gasteiger partial charge in [0.25, 0.3) is 0 Å². The molecule has 0 saturated heterocycles. The van der Waals surface area contributed by atoms with Gasteiger partial charge >= 0.3 is 16.4 Å². The van der Waals surface area contributed by atoms with E-state index in [-0.39, 0.29) is 4.75 Å². The zero-order valence-electron chi connectivity index (χ0n) is 5.22. The first-order valence-electron chi connectivity index (χ1n) is 3.12. The fourth-order valence-corrected chi connectivity index (χ4v) is 1.70. The second-order valence-corrected chi connectivity index (χ2v) is 3.38. The Balaban J connectivity index is 2.70. The summed E-state index contributed by atoms with van der Waals surface area (Å²) in [5.74, 6) is 2.58. The maximum Gasteiger partial charge on any atom is 0.479 e. The number of terminal acetylenes is 1. The third-order valence-corrected chi connectivity index (χ3v) is 2.68. The third kappa shape index (κ3) is 1.11. The van der Waals surface area contributed by atoms with Gasteiger partial charge in [-0.05, 0) is 18.8 Å². The van der Waals surface area contributed by atoms with Crippen molar-refractivity contribution < 1.29 is 4.21 Å². The Hall–Kier alpha value is -0.420. The van der Waals surface area contributed by atoms with Crippen molar-refractivity contribution in [3.8, 4) is 12.3 Å². The number of hydrogen-bond donors (Lipinski definition) is 0. The van der Waals surface area contributed by atoms with Crippen molar-refractivity contribution in [2.24, 2.45) is 0 Å². The van der Waals surface area contributed by atoms with Gasteiger partial charge in [-0.1, -0.05) is 0 Å². The molecule has 1 fully saturated rings. The van der Waals surface area contributed by atoms with Crippen LogP contribution in [-0.2, 0) is 15.9 Å². The monoisotopic (exact) mass is 141 g/mol. The van der Waals surface area contributed by atoms with Gasteiger partial charge in [-0.25, -0.2) is 0 Å². The van der Waals surface area contributed by atoms with E-state index in [4.69, 9.17) is 6.42 Å². The highest BCUT2D eigenvalue weighted by Crippen LogP contribution is 2.30. The van der Waals surface area contributed by atoms with Gasteiger partial charge < -0.3 is 0 Å². The lowest BCUT2D eigenvalue weighted by Crippen LogP contribution is -2.19. The normalized spacial score (nSPS) is 23.0. The van der Waals surface area contributed by atoms with E-state index in [2.05, 4.69) is 5.92 Å². The van der Waals surface area contributed by atoms with Crippen LogP contribution in [-0.4, -0.2) is 4.75 Å². The quantitative estimate of drug-likeness (QED) is 0.398. The molecule has 1 aliphatic carbocycles. The molecule has 0 unspecified atom stereocenters. The molecule has 1 saturated carbocycles. The van der Waals surface area contributed by atoms with Crippen LogP contribution in [0.4, 0.5) is 0 Å². The summed E-state index contributed by atoms with van der Waals surface area (Å²) >= 11 is 0.594. The molecule has 2 heteroatoms. The van der Waals surface area contributed by atoms with Gasteiger partial charge in [-0.2, -0.15) is 0 Å². The predicted molar refractivity (Wildman–Crippen MR) is 38.1 cm³/mol. The molecular formula is C7H9OS+. The molecule has 1 aliphatic rings. The molecule has 0 aromatic rings. The molecule has 0 radical (unpaired) electrons. The highest BCUT2D eigenvalue weighted by atomic mass is 32.1. The molecule has 0 heterocycles. The molecule has 0 spiro atoms. The minimum atomic E-state index is -0.333. The van der Waals surface area contributed by atoms with E-state index in [0.717, 1.165) is 25.7 Å². The summed E-state index contributed by atoms with van der Waals surface area (Å²) in [6, 6.07) is 0. The summed E-state index contributed by atoms with van der Waals surface area (Å²) in [5.41, 5.74) is 0. The summed E-state index contributed by atoms with van der Waals surface area (Å²) in [5, 5.41) is 0. The molecule has 1 rings (SSSR count). The molecule has 9 heavy (non-hydrogen) atoms. The SMILES string of the molecule is C#CC1([S+]=O)CCCC1. The lowest BCUT2D eigenvalue weighted by atomic mass is 10.1. The molecule has 0 atom stereocenters. The van der Waals surface area contributed by atoms with Crippen molar-refractivity contribution in [1.82, 2.24) is 0 Å². The molecule has 0 amide bonds. The third-order valence-electron chi connectivity index (χ3n) is 1.83. The minimum absolute atomic E-state index is 0.333. The van der Waals surface area contributed by atoms with Gasteiger partial charge in [-0.15, -0.1) is 6.42 Å². The van der Waals surface area contributed by atoms with E-state index in [1.54, 1.807) is 0 Å². The van der Waals surface area contributed by atoms with Crippen molar-refractivity contribution in [2.45, 2.75) is 30.4 Å². The Morgan fingerprint density at radius 3 is 2.22 bits per heavy atom. The Kier molecular flexibility index (Phi) is 1.82. The highest BCUT2D eigenvalue weighted by Gasteiger charge is 2.45. The van der Waals surface area contributed by atoms with Gasteiger partial charge in [0.2, 0.25) is 0 Å².